The van der Waals surface area contributed by atoms with Gasteiger partial charge in [0.05, 0.1) is 12.4 Å². The minimum absolute atomic E-state index is 0.0347. The highest BCUT2D eigenvalue weighted by Crippen LogP contribution is 2.05. The van der Waals surface area contributed by atoms with Gasteiger partial charge in [0.1, 0.15) is 0 Å². The molecule has 1 aliphatic heterocycles. The molecule has 0 spiro atoms. The molecule has 0 bridgehead atoms. The summed E-state index contributed by atoms with van der Waals surface area (Å²) in [5, 5.41) is 0. The van der Waals surface area contributed by atoms with E-state index in [1.807, 2.05) is 0 Å². The summed E-state index contributed by atoms with van der Waals surface area (Å²) in [6.45, 7) is 2.34. The van der Waals surface area contributed by atoms with Crippen LogP contribution in [-0.2, 0) is 14.8 Å². The van der Waals surface area contributed by atoms with Gasteiger partial charge in [0.25, 0.3) is 0 Å². The molecule has 0 aromatic heterocycles. The zero-order chi connectivity index (χ0) is 9.73. The first-order chi connectivity index (χ1) is 6.17. The Bertz CT molecular complexity index is 232. The Hall–Kier alpha value is -0.170. The quantitative estimate of drug-likeness (QED) is 0.645. The highest BCUT2D eigenvalue weighted by Gasteiger charge is 2.21. The zero-order valence-electron chi connectivity index (χ0n) is 7.61. The number of hydrogen-bond donors (Lipinski definition) is 1. The van der Waals surface area contributed by atoms with E-state index in [4.69, 9.17) is 10.5 Å². The van der Waals surface area contributed by atoms with Crippen LogP contribution in [0.1, 0.15) is 6.42 Å². The number of ether oxygens (including phenoxy) is 1. The van der Waals surface area contributed by atoms with E-state index in [9.17, 15) is 8.42 Å². The van der Waals surface area contributed by atoms with E-state index < -0.39 is 10.0 Å². The van der Waals surface area contributed by atoms with Crippen molar-refractivity contribution in [3.8, 4) is 0 Å². The Morgan fingerprint density at radius 2 is 2.08 bits per heavy atom. The van der Waals surface area contributed by atoms with Crippen LogP contribution in [0, 0.1) is 0 Å². The van der Waals surface area contributed by atoms with Crippen molar-refractivity contribution >= 4 is 10.0 Å². The van der Waals surface area contributed by atoms with Crippen molar-refractivity contribution in [3.05, 3.63) is 0 Å². The maximum absolute atomic E-state index is 11.5. The third-order valence-electron chi connectivity index (χ3n) is 1.95. The van der Waals surface area contributed by atoms with Crippen LogP contribution in [0.3, 0.4) is 0 Å². The molecular weight excluding hydrogens is 192 g/mol. The van der Waals surface area contributed by atoms with Gasteiger partial charge in [-0.25, -0.2) is 8.42 Å². The van der Waals surface area contributed by atoms with Gasteiger partial charge in [-0.05, 0) is 6.42 Å². The minimum Gasteiger partial charge on any atom is -0.380 e. The lowest BCUT2D eigenvalue weighted by atomic mass is 10.5. The van der Waals surface area contributed by atoms with Crippen LogP contribution in [-0.4, -0.2) is 51.3 Å². The Balaban J connectivity index is 2.57. The second kappa shape index (κ2) is 4.90. The number of nitrogens with zero attached hydrogens (tertiary/aromatic N) is 1. The SMILES string of the molecule is NCCS(=O)(=O)N1CCCOCC1. The first-order valence-corrected chi connectivity index (χ1v) is 6.03. The molecule has 0 aromatic carbocycles. The van der Waals surface area contributed by atoms with Crippen molar-refractivity contribution in [1.82, 2.24) is 4.31 Å². The number of rotatable bonds is 3. The third-order valence-corrected chi connectivity index (χ3v) is 3.85. The zero-order valence-corrected chi connectivity index (χ0v) is 8.42. The molecule has 1 aliphatic rings. The second-order valence-electron chi connectivity index (χ2n) is 2.97. The lowest BCUT2D eigenvalue weighted by molar-refractivity contribution is 0.148. The van der Waals surface area contributed by atoms with E-state index >= 15 is 0 Å². The highest BCUT2D eigenvalue weighted by molar-refractivity contribution is 7.89. The fourth-order valence-corrected chi connectivity index (χ4v) is 2.60. The van der Waals surface area contributed by atoms with Crippen LogP contribution in [0.25, 0.3) is 0 Å². The Morgan fingerprint density at radius 3 is 2.77 bits per heavy atom. The van der Waals surface area contributed by atoms with Gasteiger partial charge in [-0.3, -0.25) is 0 Å². The molecular formula is C7H16N2O3S. The first-order valence-electron chi connectivity index (χ1n) is 4.42. The molecule has 0 aliphatic carbocycles. The van der Waals surface area contributed by atoms with Crippen molar-refractivity contribution in [2.24, 2.45) is 5.73 Å². The van der Waals surface area contributed by atoms with Gasteiger partial charge in [0, 0.05) is 26.2 Å². The minimum atomic E-state index is -3.13. The average molecular weight is 208 g/mol. The van der Waals surface area contributed by atoms with Crippen LogP contribution in [0.5, 0.6) is 0 Å². The molecule has 78 valence electrons. The predicted octanol–water partition coefficient (Wildman–Crippen LogP) is -1.00. The Kier molecular flexibility index (Phi) is 4.11. The first kappa shape index (κ1) is 10.9. The van der Waals surface area contributed by atoms with Gasteiger partial charge < -0.3 is 10.5 Å². The van der Waals surface area contributed by atoms with Crippen LogP contribution >= 0.6 is 0 Å². The van der Waals surface area contributed by atoms with Crippen molar-refractivity contribution in [1.29, 1.82) is 0 Å². The maximum atomic E-state index is 11.5. The smallest absolute Gasteiger partial charge is 0.215 e. The van der Waals surface area contributed by atoms with Gasteiger partial charge in [-0.15, -0.1) is 0 Å². The summed E-state index contributed by atoms with van der Waals surface area (Å²) in [6.07, 6.45) is 0.768. The van der Waals surface area contributed by atoms with E-state index in [2.05, 4.69) is 0 Å². The summed E-state index contributed by atoms with van der Waals surface area (Å²) in [5.74, 6) is 0.0347. The normalized spacial score (nSPS) is 21.3. The molecule has 0 atom stereocenters. The topological polar surface area (TPSA) is 72.6 Å². The third kappa shape index (κ3) is 3.22. The summed E-state index contributed by atoms with van der Waals surface area (Å²) in [7, 11) is -3.13. The fraction of sp³-hybridized carbons (Fsp3) is 1.00. The lowest BCUT2D eigenvalue weighted by Crippen LogP contribution is -2.36. The summed E-state index contributed by atoms with van der Waals surface area (Å²) in [6, 6.07) is 0. The van der Waals surface area contributed by atoms with E-state index in [1.54, 1.807) is 0 Å². The Morgan fingerprint density at radius 1 is 1.31 bits per heavy atom. The molecule has 0 saturated carbocycles. The van der Waals surface area contributed by atoms with E-state index in [-0.39, 0.29) is 12.3 Å². The van der Waals surface area contributed by atoms with Crippen molar-refractivity contribution in [2.75, 3.05) is 38.6 Å². The van der Waals surface area contributed by atoms with Crippen LogP contribution in [0.2, 0.25) is 0 Å². The van der Waals surface area contributed by atoms with Gasteiger partial charge in [0.2, 0.25) is 10.0 Å². The van der Waals surface area contributed by atoms with Crippen molar-refractivity contribution in [3.63, 3.8) is 0 Å². The molecule has 1 fully saturated rings. The summed E-state index contributed by atoms with van der Waals surface area (Å²) in [5.41, 5.74) is 5.22. The fourth-order valence-electron chi connectivity index (χ4n) is 1.28. The molecule has 1 rings (SSSR count). The Labute approximate surface area is 78.9 Å². The molecule has 6 heteroatoms. The molecule has 0 amide bonds. The van der Waals surface area contributed by atoms with Crippen molar-refractivity contribution in [2.45, 2.75) is 6.42 Å². The molecule has 0 radical (unpaired) electrons. The van der Waals surface area contributed by atoms with Crippen LogP contribution in [0.15, 0.2) is 0 Å². The standard InChI is InChI=1S/C7H16N2O3S/c8-2-7-13(10,11)9-3-1-5-12-6-4-9/h1-8H2. The number of sulfonamides is 1. The maximum Gasteiger partial charge on any atom is 0.215 e. The predicted molar refractivity (Wildman–Crippen MR) is 49.9 cm³/mol. The van der Waals surface area contributed by atoms with Gasteiger partial charge in [0.15, 0.2) is 0 Å². The van der Waals surface area contributed by atoms with E-state index in [1.165, 1.54) is 4.31 Å². The number of hydrogen-bond acceptors (Lipinski definition) is 4. The highest BCUT2D eigenvalue weighted by atomic mass is 32.2. The summed E-state index contributed by atoms with van der Waals surface area (Å²) >= 11 is 0. The number of nitrogens with two attached hydrogens (primary N) is 1. The summed E-state index contributed by atoms with van der Waals surface area (Å²) < 4.78 is 29.7. The van der Waals surface area contributed by atoms with E-state index in [0.29, 0.717) is 26.3 Å². The summed E-state index contributed by atoms with van der Waals surface area (Å²) in [4.78, 5) is 0. The molecule has 0 aromatic rings. The molecule has 5 nitrogen and oxygen atoms in total. The molecule has 13 heavy (non-hydrogen) atoms. The van der Waals surface area contributed by atoms with Crippen molar-refractivity contribution < 1.29 is 13.2 Å². The largest absolute Gasteiger partial charge is 0.380 e. The molecule has 0 unspecified atom stereocenters. The molecule has 1 saturated heterocycles. The van der Waals surface area contributed by atoms with Gasteiger partial charge >= 0.3 is 0 Å². The van der Waals surface area contributed by atoms with Crippen LogP contribution < -0.4 is 5.73 Å². The van der Waals surface area contributed by atoms with Gasteiger partial charge in [-0.2, -0.15) is 4.31 Å². The van der Waals surface area contributed by atoms with E-state index in [0.717, 1.165) is 6.42 Å². The average Bonchev–Trinajstić information content (AvgIpc) is 2.31. The molecule has 1 heterocycles. The second-order valence-corrected chi connectivity index (χ2v) is 5.06. The monoisotopic (exact) mass is 208 g/mol. The van der Waals surface area contributed by atoms with Gasteiger partial charge in [-0.1, -0.05) is 0 Å². The van der Waals surface area contributed by atoms with Crippen LogP contribution in [0.4, 0.5) is 0 Å². The lowest BCUT2D eigenvalue weighted by Gasteiger charge is -2.18. The molecule has 2 N–H and O–H groups in total.